The van der Waals surface area contributed by atoms with E-state index < -0.39 is 42.2 Å². The van der Waals surface area contributed by atoms with Crippen molar-refractivity contribution in [2.75, 3.05) is 9.44 Å². The van der Waals surface area contributed by atoms with Crippen LogP contribution in [0.15, 0.2) is 62.8 Å². The molecule has 0 fully saturated rings. The van der Waals surface area contributed by atoms with Crippen molar-refractivity contribution in [1.29, 1.82) is 0 Å². The number of nitrogens with two attached hydrogens (primary N) is 1. The Morgan fingerprint density at radius 1 is 0.944 bits per heavy atom. The van der Waals surface area contributed by atoms with Crippen molar-refractivity contribution < 1.29 is 88.0 Å². The van der Waals surface area contributed by atoms with Crippen molar-refractivity contribution >= 4 is 76.5 Å². The minimum atomic E-state index is -4.37. The van der Waals surface area contributed by atoms with Crippen molar-refractivity contribution in [1.82, 2.24) is 0 Å². The molecule has 0 unspecified atom stereocenters. The second-order valence-corrected chi connectivity index (χ2v) is 12.0. The molecule has 0 aliphatic carbocycles. The second kappa shape index (κ2) is 13.1. The largest absolute Gasteiger partial charge is 1.00 e. The molecular formula is C20H17BrCl2FN3Na2O5S2. The molecule has 0 atom stereocenters. The molecular weight excluding hydrogens is 642 g/mol. The summed E-state index contributed by atoms with van der Waals surface area (Å²) in [4.78, 5) is 11.3. The van der Waals surface area contributed by atoms with Gasteiger partial charge in [0.25, 0.3) is 20.0 Å². The number of rotatable bonds is 7. The zero-order valence-corrected chi connectivity index (χ0v) is 27.8. The third-order valence-electron chi connectivity index (χ3n) is 4.44. The molecule has 4 N–H and O–H groups in total. The SMILES string of the molecule is Cc1cc(F)c(Br)cc1NS(=O)(=O)c1ccc(NS(=O)(=O)c2cc(Cl)cc(Cl)c2)cc1C(N)=O.[H-].[H-].[Na+].[Na+]. The maximum Gasteiger partial charge on any atom is 1.00 e. The molecule has 3 aromatic rings. The fraction of sp³-hybridized carbons (Fsp3) is 0.0500. The van der Waals surface area contributed by atoms with Gasteiger partial charge in [-0.1, -0.05) is 23.2 Å². The summed E-state index contributed by atoms with van der Waals surface area (Å²) in [7, 11) is -8.56. The molecule has 0 aliphatic heterocycles. The average molecular weight is 659 g/mol. The van der Waals surface area contributed by atoms with Crippen LogP contribution in [0.25, 0.3) is 0 Å². The zero-order chi connectivity index (χ0) is 25.4. The van der Waals surface area contributed by atoms with Crippen LogP contribution in [0, 0.1) is 12.7 Å². The van der Waals surface area contributed by atoms with Crippen molar-refractivity contribution in [3.8, 4) is 0 Å². The summed E-state index contributed by atoms with van der Waals surface area (Å²) in [6, 6.07) is 9.15. The van der Waals surface area contributed by atoms with E-state index in [1.807, 2.05) is 0 Å². The van der Waals surface area contributed by atoms with Crippen molar-refractivity contribution in [3.05, 3.63) is 80.0 Å². The molecule has 0 bridgehead atoms. The standard InChI is InChI=1S/C20H15BrCl2FN3O5S2.2Na.2H/c1-10-4-17(24)16(21)9-18(10)27-34(31,32)19-3-2-13(8-15(19)20(25)28)26-33(29,30)14-6-11(22)5-12(23)7-14;;;;/h2-9,26-27H,1H3,(H2,25,28);;;;/q;2*+1;2*-1. The van der Waals surface area contributed by atoms with Gasteiger partial charge in [0.1, 0.15) is 10.7 Å². The molecule has 0 saturated carbocycles. The summed E-state index contributed by atoms with van der Waals surface area (Å²) in [6.07, 6.45) is 0. The number of hydrogen-bond donors (Lipinski definition) is 3. The molecule has 0 saturated heterocycles. The van der Waals surface area contributed by atoms with E-state index in [4.69, 9.17) is 28.9 Å². The first-order valence-electron chi connectivity index (χ1n) is 9.11. The Bertz CT molecular complexity index is 1540. The maximum absolute atomic E-state index is 13.7. The quantitative estimate of drug-likeness (QED) is 0.284. The molecule has 184 valence electrons. The van der Waals surface area contributed by atoms with Gasteiger partial charge in [-0.3, -0.25) is 14.2 Å². The molecule has 36 heavy (non-hydrogen) atoms. The van der Waals surface area contributed by atoms with E-state index in [9.17, 15) is 26.0 Å². The smallest absolute Gasteiger partial charge is 1.00 e. The molecule has 3 rings (SSSR count). The Hall–Kier alpha value is -0.380. The zero-order valence-electron chi connectivity index (χ0n) is 21.1. The van der Waals surface area contributed by atoms with Crippen molar-refractivity contribution in [3.63, 3.8) is 0 Å². The van der Waals surface area contributed by atoms with Gasteiger partial charge in [-0.15, -0.1) is 0 Å². The van der Waals surface area contributed by atoms with E-state index >= 15 is 0 Å². The van der Waals surface area contributed by atoms with Gasteiger partial charge >= 0.3 is 59.1 Å². The molecule has 8 nitrogen and oxygen atoms in total. The fourth-order valence-corrected chi connectivity index (χ4v) is 6.31. The number of anilines is 2. The van der Waals surface area contributed by atoms with E-state index in [0.717, 1.165) is 36.4 Å². The van der Waals surface area contributed by atoms with E-state index in [-0.39, 0.29) is 98.3 Å². The molecule has 0 spiro atoms. The number of carbonyl (C=O) groups excluding carboxylic acids is 1. The number of hydrogen-bond acceptors (Lipinski definition) is 5. The summed E-state index contributed by atoms with van der Waals surface area (Å²) in [6.45, 7) is 1.49. The van der Waals surface area contributed by atoms with Gasteiger partial charge in [0.15, 0.2) is 0 Å². The molecule has 3 aromatic carbocycles. The molecule has 16 heteroatoms. The van der Waals surface area contributed by atoms with Crippen molar-refractivity contribution in [2.45, 2.75) is 16.7 Å². The second-order valence-electron chi connectivity index (χ2n) is 6.97. The number of primary amides is 1. The summed E-state index contributed by atoms with van der Waals surface area (Å²) in [5.41, 5.74) is 5.10. The van der Waals surface area contributed by atoms with E-state index in [1.165, 1.54) is 19.1 Å². The first-order valence-corrected chi connectivity index (χ1v) is 13.6. The van der Waals surface area contributed by atoms with Crippen LogP contribution >= 0.6 is 39.1 Å². The number of amides is 1. The van der Waals surface area contributed by atoms with Gasteiger partial charge in [0.2, 0.25) is 5.91 Å². The van der Waals surface area contributed by atoms with Crippen LogP contribution in [0.1, 0.15) is 18.8 Å². The summed E-state index contributed by atoms with van der Waals surface area (Å²) >= 11 is 14.7. The van der Waals surface area contributed by atoms with Gasteiger partial charge in [0.05, 0.1) is 20.6 Å². The third-order valence-corrected chi connectivity index (χ3v) is 8.27. The first kappa shape index (κ1) is 33.6. The van der Waals surface area contributed by atoms with Gasteiger partial charge in [-0.25, -0.2) is 21.2 Å². The van der Waals surface area contributed by atoms with Crippen LogP contribution in [0.4, 0.5) is 15.8 Å². The third kappa shape index (κ3) is 8.06. The molecule has 0 radical (unpaired) electrons. The van der Waals surface area contributed by atoms with E-state index in [0.29, 0.717) is 0 Å². The summed E-state index contributed by atoms with van der Waals surface area (Å²) in [5.74, 6) is -1.71. The van der Waals surface area contributed by atoms with Crippen LogP contribution < -0.4 is 74.3 Å². The summed E-state index contributed by atoms with van der Waals surface area (Å²) < 4.78 is 69.5. The number of aryl methyl sites for hydroxylation is 1. The van der Waals surface area contributed by atoms with Crippen LogP contribution in [-0.4, -0.2) is 22.7 Å². The van der Waals surface area contributed by atoms with Gasteiger partial charge in [-0.05, 0) is 76.9 Å². The number of halogens is 4. The first-order chi connectivity index (χ1) is 15.7. The Morgan fingerprint density at radius 2 is 1.53 bits per heavy atom. The van der Waals surface area contributed by atoms with E-state index in [1.54, 1.807) is 0 Å². The predicted octanol–water partition coefficient (Wildman–Crippen LogP) is -0.863. The Kier molecular flexibility index (Phi) is 12.3. The number of nitrogens with one attached hydrogen (secondary N) is 2. The Balaban J connectivity index is 0. The topological polar surface area (TPSA) is 135 Å². The van der Waals surface area contributed by atoms with Crippen molar-refractivity contribution in [2.24, 2.45) is 5.73 Å². The predicted molar refractivity (Wildman–Crippen MR) is 134 cm³/mol. The van der Waals surface area contributed by atoms with Gasteiger partial charge in [0, 0.05) is 15.7 Å². The summed E-state index contributed by atoms with van der Waals surface area (Å²) in [5, 5.41) is 0.168. The average Bonchev–Trinajstić information content (AvgIpc) is 2.70. The van der Waals surface area contributed by atoms with Crippen LogP contribution in [-0.2, 0) is 20.0 Å². The minimum absolute atomic E-state index is 0. The Labute approximate surface area is 273 Å². The molecule has 0 aliphatic rings. The Morgan fingerprint density at radius 3 is 2.08 bits per heavy atom. The molecule has 1 amide bonds. The number of benzene rings is 3. The van der Waals surface area contributed by atoms with Gasteiger partial charge < -0.3 is 8.59 Å². The molecule has 0 aromatic heterocycles. The molecule has 0 heterocycles. The van der Waals surface area contributed by atoms with Crippen LogP contribution in [0.2, 0.25) is 10.0 Å². The maximum atomic E-state index is 13.7. The minimum Gasteiger partial charge on any atom is -1.00 e. The normalized spacial score (nSPS) is 11.1. The van der Waals surface area contributed by atoms with E-state index in [2.05, 4.69) is 25.4 Å². The monoisotopic (exact) mass is 657 g/mol. The van der Waals surface area contributed by atoms with Crippen LogP contribution in [0.3, 0.4) is 0 Å². The number of carbonyl (C=O) groups is 1. The fourth-order valence-electron chi connectivity index (χ4n) is 2.87. The van der Waals surface area contributed by atoms with Crippen LogP contribution in [0.5, 0.6) is 0 Å². The number of sulfonamides is 2. The van der Waals surface area contributed by atoms with Gasteiger partial charge in [-0.2, -0.15) is 0 Å².